The van der Waals surface area contributed by atoms with Crippen LogP contribution in [0.4, 0.5) is 8.78 Å². The van der Waals surface area contributed by atoms with E-state index in [-0.39, 0.29) is 5.75 Å². The van der Waals surface area contributed by atoms with Gasteiger partial charge in [0.1, 0.15) is 5.75 Å². The molecule has 2 atom stereocenters. The molecule has 1 aliphatic rings. The molecule has 0 heterocycles. The van der Waals surface area contributed by atoms with Crippen LogP contribution in [0.25, 0.3) is 0 Å². The Bertz CT molecular complexity index is 456. The van der Waals surface area contributed by atoms with Crippen LogP contribution < -0.4 is 10.1 Å². The molecule has 2 N–H and O–H groups in total. The molecule has 1 aromatic rings. The Morgan fingerprint density at radius 2 is 2.19 bits per heavy atom. The summed E-state index contributed by atoms with van der Waals surface area (Å²) >= 11 is 0. The Morgan fingerprint density at radius 1 is 1.43 bits per heavy atom. The van der Waals surface area contributed by atoms with E-state index >= 15 is 0 Å². The zero-order valence-corrected chi connectivity index (χ0v) is 12.3. The Hall–Kier alpha value is -1.20. The number of halogens is 2. The molecule has 2 unspecified atom stereocenters. The predicted molar refractivity (Wildman–Crippen MR) is 77.4 cm³/mol. The fraction of sp³-hybridized carbons (Fsp3) is 0.625. The average Bonchev–Trinajstić information content (AvgIpc) is 2.39. The topological polar surface area (TPSA) is 41.5 Å². The van der Waals surface area contributed by atoms with Gasteiger partial charge >= 0.3 is 6.61 Å². The van der Waals surface area contributed by atoms with Crippen molar-refractivity contribution in [3.63, 3.8) is 0 Å². The second kappa shape index (κ2) is 7.18. The third kappa shape index (κ3) is 4.93. The maximum Gasteiger partial charge on any atom is 0.387 e. The van der Waals surface area contributed by atoms with Crippen LogP contribution in [0.15, 0.2) is 24.3 Å². The van der Waals surface area contributed by atoms with Crippen molar-refractivity contribution in [2.24, 2.45) is 5.92 Å². The van der Waals surface area contributed by atoms with E-state index in [2.05, 4.69) is 17.0 Å². The number of alkyl halides is 2. The molecule has 118 valence electrons. The molecule has 1 fully saturated rings. The fourth-order valence-electron chi connectivity index (χ4n) is 3.08. The van der Waals surface area contributed by atoms with E-state index in [0.717, 1.165) is 25.7 Å². The summed E-state index contributed by atoms with van der Waals surface area (Å²) in [5.41, 5.74) is -0.0128. The normalized spacial score (nSPS) is 26.0. The highest BCUT2D eigenvalue weighted by Gasteiger charge is 2.32. The summed E-state index contributed by atoms with van der Waals surface area (Å²) in [4.78, 5) is 0. The molecule has 0 aromatic heterocycles. The quantitative estimate of drug-likeness (QED) is 0.846. The molecule has 0 saturated heterocycles. The molecule has 0 aliphatic heterocycles. The van der Waals surface area contributed by atoms with E-state index < -0.39 is 12.2 Å². The van der Waals surface area contributed by atoms with Gasteiger partial charge in [-0.1, -0.05) is 38.0 Å². The average molecular weight is 299 g/mol. The summed E-state index contributed by atoms with van der Waals surface area (Å²) in [7, 11) is 0. The molecule has 5 heteroatoms. The van der Waals surface area contributed by atoms with E-state index in [1.54, 1.807) is 18.2 Å². The number of nitrogens with one attached hydrogen (secondary N) is 1. The highest BCUT2D eigenvalue weighted by atomic mass is 19.3. The SMILES string of the molecule is CC1CCCC(O)(CNCc2ccccc2OC(F)F)C1. The van der Waals surface area contributed by atoms with Crippen LogP contribution in [0.5, 0.6) is 5.75 Å². The lowest BCUT2D eigenvalue weighted by atomic mass is 9.79. The van der Waals surface area contributed by atoms with Gasteiger partial charge in [-0.2, -0.15) is 8.78 Å². The third-order valence-electron chi connectivity index (χ3n) is 4.03. The van der Waals surface area contributed by atoms with Crippen LogP contribution in [0.3, 0.4) is 0 Å². The van der Waals surface area contributed by atoms with Crippen LogP contribution in [-0.2, 0) is 6.54 Å². The first-order chi connectivity index (χ1) is 9.98. The van der Waals surface area contributed by atoms with E-state index in [1.807, 2.05) is 0 Å². The van der Waals surface area contributed by atoms with Gasteiger partial charge in [-0.15, -0.1) is 0 Å². The van der Waals surface area contributed by atoms with Crippen LogP contribution >= 0.6 is 0 Å². The van der Waals surface area contributed by atoms with Crippen LogP contribution in [0.1, 0.15) is 38.2 Å². The smallest absolute Gasteiger partial charge is 0.387 e. The van der Waals surface area contributed by atoms with Crippen LogP contribution in [-0.4, -0.2) is 23.9 Å². The zero-order chi connectivity index (χ0) is 15.3. The van der Waals surface area contributed by atoms with Gasteiger partial charge in [0.25, 0.3) is 0 Å². The summed E-state index contributed by atoms with van der Waals surface area (Å²) in [6.07, 6.45) is 3.77. The van der Waals surface area contributed by atoms with Gasteiger partial charge in [0.2, 0.25) is 0 Å². The lowest BCUT2D eigenvalue weighted by Gasteiger charge is -2.35. The Morgan fingerprint density at radius 3 is 2.90 bits per heavy atom. The molecule has 1 saturated carbocycles. The molecule has 1 aliphatic carbocycles. The van der Waals surface area contributed by atoms with Gasteiger partial charge in [0.05, 0.1) is 5.60 Å². The first kappa shape index (κ1) is 16.2. The molecular weight excluding hydrogens is 276 g/mol. The van der Waals surface area contributed by atoms with Gasteiger partial charge < -0.3 is 15.2 Å². The molecule has 0 bridgehead atoms. The largest absolute Gasteiger partial charge is 0.434 e. The van der Waals surface area contributed by atoms with Gasteiger partial charge in [-0.3, -0.25) is 0 Å². The second-order valence-corrected chi connectivity index (χ2v) is 6.02. The van der Waals surface area contributed by atoms with E-state index in [9.17, 15) is 13.9 Å². The lowest BCUT2D eigenvalue weighted by molar-refractivity contribution is -0.0506. The zero-order valence-electron chi connectivity index (χ0n) is 12.3. The molecule has 3 nitrogen and oxygen atoms in total. The number of aliphatic hydroxyl groups is 1. The molecule has 2 rings (SSSR count). The van der Waals surface area contributed by atoms with Crippen molar-refractivity contribution < 1.29 is 18.6 Å². The van der Waals surface area contributed by atoms with Crippen molar-refractivity contribution in [2.45, 2.75) is 51.4 Å². The molecule has 0 radical (unpaired) electrons. The molecule has 0 spiro atoms. The fourth-order valence-corrected chi connectivity index (χ4v) is 3.08. The predicted octanol–water partition coefficient (Wildman–Crippen LogP) is 3.32. The number of benzene rings is 1. The van der Waals surface area contributed by atoms with Gasteiger partial charge in [0.15, 0.2) is 0 Å². The van der Waals surface area contributed by atoms with E-state index in [0.29, 0.717) is 24.6 Å². The second-order valence-electron chi connectivity index (χ2n) is 6.02. The van der Waals surface area contributed by atoms with Gasteiger partial charge in [-0.05, 0) is 24.8 Å². The summed E-state index contributed by atoms with van der Waals surface area (Å²) in [5.74, 6) is 0.712. The number of hydrogen-bond donors (Lipinski definition) is 2. The lowest BCUT2D eigenvalue weighted by Crippen LogP contribution is -2.43. The Balaban J connectivity index is 1.88. The highest BCUT2D eigenvalue weighted by Crippen LogP contribution is 2.31. The summed E-state index contributed by atoms with van der Waals surface area (Å²) in [5, 5.41) is 13.7. The van der Waals surface area contributed by atoms with E-state index in [4.69, 9.17) is 0 Å². The Labute approximate surface area is 124 Å². The Kier molecular flexibility index (Phi) is 5.53. The number of para-hydroxylation sites is 1. The van der Waals surface area contributed by atoms with Gasteiger partial charge in [-0.25, -0.2) is 0 Å². The molecule has 0 amide bonds. The highest BCUT2D eigenvalue weighted by molar-refractivity contribution is 5.33. The van der Waals surface area contributed by atoms with Crippen LogP contribution in [0, 0.1) is 5.92 Å². The summed E-state index contributed by atoms with van der Waals surface area (Å²) in [6.45, 7) is 0.199. The number of ether oxygens (including phenoxy) is 1. The molecular formula is C16H23F2NO2. The van der Waals surface area contributed by atoms with Crippen molar-refractivity contribution >= 4 is 0 Å². The van der Waals surface area contributed by atoms with E-state index in [1.165, 1.54) is 6.07 Å². The molecule has 21 heavy (non-hydrogen) atoms. The number of hydrogen-bond acceptors (Lipinski definition) is 3. The standard InChI is InChI=1S/C16H23F2NO2/c1-12-5-4-8-16(20,9-12)11-19-10-13-6-2-3-7-14(13)21-15(17)18/h2-3,6-7,12,15,19-20H,4-5,8-11H2,1H3. The van der Waals surface area contributed by atoms with Crippen molar-refractivity contribution in [1.29, 1.82) is 0 Å². The minimum absolute atomic E-state index is 0.184. The third-order valence-corrected chi connectivity index (χ3v) is 4.03. The van der Waals surface area contributed by atoms with Crippen molar-refractivity contribution in [3.05, 3.63) is 29.8 Å². The maximum absolute atomic E-state index is 12.3. The monoisotopic (exact) mass is 299 g/mol. The number of rotatable bonds is 6. The maximum atomic E-state index is 12.3. The van der Waals surface area contributed by atoms with Crippen molar-refractivity contribution in [2.75, 3.05) is 6.54 Å². The summed E-state index contributed by atoms with van der Waals surface area (Å²) < 4.78 is 29.2. The van der Waals surface area contributed by atoms with Crippen LogP contribution in [0.2, 0.25) is 0 Å². The van der Waals surface area contributed by atoms with Gasteiger partial charge in [0, 0.05) is 18.7 Å². The van der Waals surface area contributed by atoms with Crippen molar-refractivity contribution in [3.8, 4) is 5.75 Å². The molecule has 1 aromatic carbocycles. The summed E-state index contributed by atoms with van der Waals surface area (Å²) in [6, 6.07) is 6.73. The first-order valence-electron chi connectivity index (χ1n) is 7.44. The minimum atomic E-state index is -2.82. The minimum Gasteiger partial charge on any atom is -0.434 e. The van der Waals surface area contributed by atoms with Crippen molar-refractivity contribution in [1.82, 2.24) is 5.32 Å². The first-order valence-corrected chi connectivity index (χ1v) is 7.44.